The number of anilines is 1. The number of carbonyl (C=O) groups is 4. The predicted octanol–water partition coefficient (Wildman–Crippen LogP) is 2.20. The maximum absolute atomic E-state index is 12.4. The molecule has 1 aromatic rings. The molecule has 2 N–H and O–H groups in total. The summed E-state index contributed by atoms with van der Waals surface area (Å²) in [5.41, 5.74) is -0.581. The molecule has 1 aromatic carbocycles. The maximum atomic E-state index is 12.4. The number of hydrogen-bond donors (Lipinski definition) is 2. The van der Waals surface area contributed by atoms with E-state index < -0.39 is 42.5 Å². The average Bonchev–Trinajstić information content (AvgIpc) is 3.43. The number of esters is 1. The fourth-order valence-electron chi connectivity index (χ4n) is 2.89. The summed E-state index contributed by atoms with van der Waals surface area (Å²) in [7, 11) is 0. The molecule has 0 unspecified atom stereocenters. The van der Waals surface area contributed by atoms with Gasteiger partial charge in [0.1, 0.15) is 12.1 Å². The van der Waals surface area contributed by atoms with Crippen molar-refractivity contribution >= 4 is 52.7 Å². The number of imide groups is 1. The van der Waals surface area contributed by atoms with Gasteiger partial charge in [0.05, 0.1) is 10.0 Å². The molecule has 1 aliphatic heterocycles. The summed E-state index contributed by atoms with van der Waals surface area (Å²) in [5.74, 6) is -1.82. The molecule has 0 aromatic heterocycles. The van der Waals surface area contributed by atoms with E-state index in [0.29, 0.717) is 10.7 Å². The second kappa shape index (κ2) is 7.36. The van der Waals surface area contributed by atoms with Gasteiger partial charge in [0.2, 0.25) is 0 Å². The highest BCUT2D eigenvalue weighted by Gasteiger charge is 2.56. The van der Waals surface area contributed by atoms with Crippen LogP contribution in [-0.4, -0.2) is 47.4 Å². The molecule has 3 rings (SSSR count). The summed E-state index contributed by atoms with van der Waals surface area (Å²) in [6, 6.07) is 3.88. The summed E-state index contributed by atoms with van der Waals surface area (Å²) >= 11 is 11.6. The minimum atomic E-state index is -0.970. The summed E-state index contributed by atoms with van der Waals surface area (Å²) in [6.07, 6.45) is 1.71. The molecule has 1 heterocycles. The zero-order valence-electron chi connectivity index (χ0n) is 14.4. The van der Waals surface area contributed by atoms with Gasteiger partial charge in [-0.15, -0.1) is 0 Å². The molecule has 10 heteroatoms. The van der Waals surface area contributed by atoms with E-state index in [1.54, 1.807) is 13.0 Å². The normalized spacial score (nSPS) is 21.8. The van der Waals surface area contributed by atoms with Gasteiger partial charge in [0.25, 0.3) is 11.8 Å². The van der Waals surface area contributed by atoms with E-state index in [0.717, 1.165) is 17.7 Å². The van der Waals surface area contributed by atoms with Gasteiger partial charge in [-0.1, -0.05) is 23.2 Å². The molecule has 8 nitrogen and oxygen atoms in total. The minimum absolute atomic E-state index is 0.0898. The number of carbonyl (C=O) groups excluding carboxylic acids is 4. The van der Waals surface area contributed by atoms with Crippen molar-refractivity contribution in [2.24, 2.45) is 5.92 Å². The van der Waals surface area contributed by atoms with Gasteiger partial charge in [-0.05, 0) is 43.9 Å². The second-order valence-corrected chi connectivity index (χ2v) is 7.45. The quantitative estimate of drug-likeness (QED) is 0.549. The standard InChI is InChI=1S/C17H17Cl2N3O5/c1-17(9-2-3-9)15(25)22(16(26)21-17)7-14(24)27-8-13(23)20-10-4-5-11(18)12(19)6-10/h4-6,9H,2-3,7-8H2,1H3,(H,20,23)(H,21,26)/t17-/m1/s1. The number of benzene rings is 1. The predicted molar refractivity (Wildman–Crippen MR) is 97.4 cm³/mol. The molecule has 4 amide bonds. The van der Waals surface area contributed by atoms with Crippen LogP contribution < -0.4 is 10.6 Å². The van der Waals surface area contributed by atoms with Crippen molar-refractivity contribution in [1.82, 2.24) is 10.2 Å². The lowest BCUT2D eigenvalue weighted by Crippen LogP contribution is -2.46. The summed E-state index contributed by atoms with van der Waals surface area (Å²) in [4.78, 5) is 49.0. The third-order valence-electron chi connectivity index (χ3n) is 4.55. The highest BCUT2D eigenvalue weighted by Crippen LogP contribution is 2.42. The number of urea groups is 1. The van der Waals surface area contributed by atoms with Crippen LogP contribution in [0.1, 0.15) is 19.8 Å². The van der Waals surface area contributed by atoms with Crippen LogP contribution >= 0.6 is 23.2 Å². The lowest BCUT2D eigenvalue weighted by atomic mass is 9.96. The van der Waals surface area contributed by atoms with E-state index in [-0.39, 0.29) is 10.9 Å². The molecule has 1 atom stereocenters. The van der Waals surface area contributed by atoms with Gasteiger partial charge in [-0.25, -0.2) is 4.79 Å². The first-order valence-corrected chi connectivity index (χ1v) is 9.01. The molecule has 27 heavy (non-hydrogen) atoms. The highest BCUT2D eigenvalue weighted by molar-refractivity contribution is 6.42. The number of halogens is 2. The van der Waals surface area contributed by atoms with Gasteiger partial charge in [-0.2, -0.15) is 0 Å². The van der Waals surface area contributed by atoms with Crippen molar-refractivity contribution in [2.45, 2.75) is 25.3 Å². The first kappa shape index (κ1) is 19.4. The van der Waals surface area contributed by atoms with Gasteiger partial charge >= 0.3 is 12.0 Å². The Balaban J connectivity index is 1.49. The van der Waals surface area contributed by atoms with Gasteiger partial charge < -0.3 is 15.4 Å². The molecule has 144 valence electrons. The SMILES string of the molecule is C[C@]1(C2CC2)NC(=O)N(CC(=O)OCC(=O)Nc2ccc(Cl)c(Cl)c2)C1=O. The molecule has 2 fully saturated rings. The van der Waals surface area contributed by atoms with E-state index in [2.05, 4.69) is 10.6 Å². The summed E-state index contributed by atoms with van der Waals surface area (Å²) < 4.78 is 4.85. The third-order valence-corrected chi connectivity index (χ3v) is 5.29. The molecule has 1 saturated heterocycles. The van der Waals surface area contributed by atoms with E-state index in [4.69, 9.17) is 27.9 Å². The number of nitrogens with one attached hydrogen (secondary N) is 2. The Morgan fingerprint density at radius 2 is 2.00 bits per heavy atom. The lowest BCUT2D eigenvalue weighted by Gasteiger charge is -2.20. The van der Waals surface area contributed by atoms with Crippen LogP contribution in [0.4, 0.5) is 10.5 Å². The molecule has 0 radical (unpaired) electrons. The highest BCUT2D eigenvalue weighted by atomic mass is 35.5. The number of ether oxygens (including phenoxy) is 1. The van der Waals surface area contributed by atoms with E-state index in [1.165, 1.54) is 12.1 Å². The zero-order chi connectivity index (χ0) is 19.8. The van der Waals surface area contributed by atoms with Crippen LogP contribution in [0.15, 0.2) is 18.2 Å². The average molecular weight is 414 g/mol. The molecule has 1 aliphatic carbocycles. The van der Waals surface area contributed by atoms with Gasteiger partial charge in [0, 0.05) is 5.69 Å². The first-order chi connectivity index (χ1) is 12.7. The van der Waals surface area contributed by atoms with E-state index in [1.807, 2.05) is 0 Å². The van der Waals surface area contributed by atoms with E-state index in [9.17, 15) is 19.2 Å². The third kappa shape index (κ3) is 4.17. The number of rotatable bonds is 6. The molecular weight excluding hydrogens is 397 g/mol. The Bertz CT molecular complexity index is 827. The largest absolute Gasteiger partial charge is 0.454 e. The monoisotopic (exact) mass is 413 g/mol. The van der Waals surface area contributed by atoms with Crippen LogP contribution in [0.2, 0.25) is 10.0 Å². The van der Waals surface area contributed by atoms with Crippen molar-refractivity contribution in [1.29, 1.82) is 0 Å². The van der Waals surface area contributed by atoms with Gasteiger partial charge in [-0.3, -0.25) is 19.3 Å². The molecule has 2 aliphatic rings. The maximum Gasteiger partial charge on any atom is 0.326 e. The first-order valence-electron chi connectivity index (χ1n) is 8.25. The van der Waals surface area contributed by atoms with Gasteiger partial charge in [0.15, 0.2) is 6.61 Å². The summed E-state index contributed by atoms with van der Waals surface area (Å²) in [6.45, 7) is 0.538. The fourth-order valence-corrected chi connectivity index (χ4v) is 3.19. The summed E-state index contributed by atoms with van der Waals surface area (Å²) in [5, 5.41) is 5.73. The topological polar surface area (TPSA) is 105 Å². The smallest absolute Gasteiger partial charge is 0.326 e. The Morgan fingerprint density at radius 3 is 2.63 bits per heavy atom. The van der Waals surface area contributed by atoms with Crippen molar-refractivity contribution in [3.8, 4) is 0 Å². The van der Waals surface area contributed by atoms with Crippen molar-refractivity contribution in [3.05, 3.63) is 28.2 Å². The Kier molecular flexibility index (Phi) is 5.30. The molecular formula is C17H17Cl2N3O5. The number of amides is 4. The van der Waals surface area contributed by atoms with Crippen molar-refractivity contribution in [2.75, 3.05) is 18.5 Å². The van der Waals surface area contributed by atoms with Crippen molar-refractivity contribution < 1.29 is 23.9 Å². The van der Waals surface area contributed by atoms with Crippen LogP contribution in [0, 0.1) is 5.92 Å². The molecule has 0 bridgehead atoms. The molecule has 0 spiro atoms. The molecule has 1 saturated carbocycles. The number of nitrogens with zero attached hydrogens (tertiary/aromatic N) is 1. The zero-order valence-corrected chi connectivity index (χ0v) is 15.9. The fraction of sp³-hybridized carbons (Fsp3) is 0.412. The Labute approximate surface area is 165 Å². The van der Waals surface area contributed by atoms with Crippen molar-refractivity contribution in [3.63, 3.8) is 0 Å². The second-order valence-electron chi connectivity index (χ2n) is 6.64. The van der Waals surface area contributed by atoms with Crippen LogP contribution in [0.25, 0.3) is 0 Å². The van der Waals surface area contributed by atoms with Crippen LogP contribution in [0.3, 0.4) is 0 Å². The lowest BCUT2D eigenvalue weighted by molar-refractivity contribution is -0.150. The van der Waals surface area contributed by atoms with Crippen LogP contribution in [0.5, 0.6) is 0 Å². The Morgan fingerprint density at radius 1 is 1.30 bits per heavy atom. The minimum Gasteiger partial charge on any atom is -0.454 e. The van der Waals surface area contributed by atoms with Crippen LogP contribution in [-0.2, 0) is 19.1 Å². The Hall–Kier alpha value is -2.32. The number of hydrogen-bond acceptors (Lipinski definition) is 5. The van der Waals surface area contributed by atoms with E-state index >= 15 is 0 Å².